The van der Waals surface area contributed by atoms with Crippen LogP contribution in [0.15, 0.2) is 30.6 Å². The summed E-state index contributed by atoms with van der Waals surface area (Å²) in [6, 6.07) is 6.12. The van der Waals surface area contributed by atoms with Crippen LogP contribution in [0.1, 0.15) is 5.56 Å². The minimum absolute atomic E-state index is 0.730. The van der Waals surface area contributed by atoms with E-state index in [9.17, 15) is 0 Å². The lowest BCUT2D eigenvalue weighted by Gasteiger charge is -2.04. The van der Waals surface area contributed by atoms with Crippen LogP contribution in [-0.4, -0.2) is 30.2 Å². The lowest BCUT2D eigenvalue weighted by Crippen LogP contribution is -2.18. The van der Waals surface area contributed by atoms with Crippen LogP contribution >= 0.6 is 0 Å². The van der Waals surface area contributed by atoms with Crippen LogP contribution in [0.2, 0.25) is 0 Å². The first-order valence-corrected chi connectivity index (χ1v) is 5.29. The Kier molecular flexibility index (Phi) is 3.80. The Hall–Kier alpha value is -1.52. The molecule has 1 aromatic carbocycles. The molecule has 1 aromatic heterocycles. The van der Waals surface area contributed by atoms with Crippen molar-refractivity contribution in [2.75, 3.05) is 20.3 Å². The number of nitrogens with zero attached hydrogens (tertiary/aromatic N) is 2. The first-order valence-electron chi connectivity index (χ1n) is 5.29. The second kappa shape index (κ2) is 5.53. The van der Waals surface area contributed by atoms with E-state index >= 15 is 0 Å². The molecule has 1 N–H and O–H groups in total. The van der Waals surface area contributed by atoms with Crippen LogP contribution in [0.3, 0.4) is 0 Å². The normalized spacial score (nSPS) is 10.8. The Morgan fingerprint density at radius 3 is 2.81 bits per heavy atom. The van der Waals surface area contributed by atoms with Gasteiger partial charge >= 0.3 is 0 Å². The van der Waals surface area contributed by atoms with Gasteiger partial charge in [0.05, 0.1) is 17.6 Å². The summed E-state index contributed by atoms with van der Waals surface area (Å²) in [6.45, 7) is 2.41. The SMILES string of the molecule is COCCNCc1ccc2nccnc2c1. The molecule has 0 bridgehead atoms. The van der Waals surface area contributed by atoms with Crippen molar-refractivity contribution in [1.82, 2.24) is 15.3 Å². The van der Waals surface area contributed by atoms with E-state index in [4.69, 9.17) is 4.74 Å². The van der Waals surface area contributed by atoms with Crippen molar-refractivity contribution >= 4 is 11.0 Å². The molecule has 0 atom stereocenters. The zero-order chi connectivity index (χ0) is 11.2. The molecular weight excluding hydrogens is 202 g/mol. The molecule has 2 rings (SSSR count). The van der Waals surface area contributed by atoms with Gasteiger partial charge in [0.25, 0.3) is 0 Å². The first kappa shape index (κ1) is 11.0. The number of fused-ring (bicyclic) bond motifs is 1. The molecule has 4 nitrogen and oxygen atoms in total. The zero-order valence-corrected chi connectivity index (χ0v) is 9.31. The summed E-state index contributed by atoms with van der Waals surface area (Å²) in [5, 5.41) is 3.29. The lowest BCUT2D eigenvalue weighted by atomic mass is 10.2. The molecule has 0 aliphatic heterocycles. The molecule has 0 unspecified atom stereocenters. The fourth-order valence-electron chi connectivity index (χ4n) is 1.53. The Morgan fingerprint density at radius 2 is 2.00 bits per heavy atom. The molecule has 1 heterocycles. The van der Waals surface area contributed by atoms with Crippen LogP contribution in [0.25, 0.3) is 11.0 Å². The molecule has 4 heteroatoms. The predicted octanol–water partition coefficient (Wildman–Crippen LogP) is 1.37. The fourth-order valence-corrected chi connectivity index (χ4v) is 1.53. The number of hydrogen-bond donors (Lipinski definition) is 1. The average Bonchev–Trinajstić information content (AvgIpc) is 2.34. The fraction of sp³-hybridized carbons (Fsp3) is 0.333. The van der Waals surface area contributed by atoms with Gasteiger partial charge in [-0.05, 0) is 17.7 Å². The monoisotopic (exact) mass is 217 g/mol. The van der Waals surface area contributed by atoms with Crippen molar-refractivity contribution in [2.45, 2.75) is 6.54 Å². The molecule has 84 valence electrons. The van der Waals surface area contributed by atoms with E-state index in [-0.39, 0.29) is 0 Å². The van der Waals surface area contributed by atoms with Crippen LogP contribution in [0.5, 0.6) is 0 Å². The highest BCUT2D eigenvalue weighted by atomic mass is 16.5. The van der Waals surface area contributed by atoms with Gasteiger partial charge in [0.2, 0.25) is 0 Å². The highest BCUT2D eigenvalue weighted by molar-refractivity contribution is 5.74. The Balaban J connectivity index is 2.02. The maximum absolute atomic E-state index is 4.97. The standard InChI is InChI=1S/C12H15N3O/c1-16-7-6-13-9-10-2-3-11-12(8-10)15-5-4-14-11/h2-5,8,13H,6-7,9H2,1H3. The average molecular weight is 217 g/mol. The van der Waals surface area contributed by atoms with Crippen molar-refractivity contribution in [1.29, 1.82) is 0 Å². The summed E-state index contributed by atoms with van der Waals surface area (Å²) in [4.78, 5) is 8.50. The molecule has 0 saturated carbocycles. The Morgan fingerprint density at radius 1 is 1.19 bits per heavy atom. The predicted molar refractivity (Wildman–Crippen MR) is 63.1 cm³/mol. The van der Waals surface area contributed by atoms with Gasteiger partial charge in [-0.3, -0.25) is 9.97 Å². The number of benzene rings is 1. The topological polar surface area (TPSA) is 47.0 Å². The minimum atomic E-state index is 0.730. The van der Waals surface area contributed by atoms with E-state index in [1.165, 1.54) is 5.56 Å². The van der Waals surface area contributed by atoms with Crippen molar-refractivity contribution < 1.29 is 4.74 Å². The highest BCUT2D eigenvalue weighted by Gasteiger charge is 1.97. The molecule has 0 saturated heterocycles. The van der Waals surface area contributed by atoms with Gasteiger partial charge in [-0.1, -0.05) is 6.07 Å². The second-order valence-corrected chi connectivity index (χ2v) is 3.55. The number of hydrogen-bond acceptors (Lipinski definition) is 4. The van der Waals surface area contributed by atoms with Gasteiger partial charge in [-0.15, -0.1) is 0 Å². The molecular formula is C12H15N3O. The van der Waals surface area contributed by atoms with Crippen LogP contribution in [-0.2, 0) is 11.3 Å². The van der Waals surface area contributed by atoms with Gasteiger partial charge < -0.3 is 10.1 Å². The Labute approximate surface area is 94.7 Å². The summed E-state index contributed by atoms with van der Waals surface area (Å²) in [6.07, 6.45) is 3.42. The maximum atomic E-state index is 4.97. The van der Waals surface area contributed by atoms with Crippen molar-refractivity contribution in [3.8, 4) is 0 Å². The number of methoxy groups -OCH3 is 1. The van der Waals surface area contributed by atoms with Crippen molar-refractivity contribution in [3.63, 3.8) is 0 Å². The molecule has 0 aliphatic carbocycles. The zero-order valence-electron chi connectivity index (χ0n) is 9.31. The molecule has 0 spiro atoms. The largest absolute Gasteiger partial charge is 0.383 e. The van der Waals surface area contributed by atoms with E-state index in [2.05, 4.69) is 27.4 Å². The van der Waals surface area contributed by atoms with Crippen LogP contribution < -0.4 is 5.32 Å². The van der Waals surface area contributed by atoms with Gasteiger partial charge in [-0.2, -0.15) is 0 Å². The van der Waals surface area contributed by atoms with Gasteiger partial charge in [0.15, 0.2) is 0 Å². The first-order chi connectivity index (χ1) is 7.90. The van der Waals surface area contributed by atoms with E-state index in [1.54, 1.807) is 19.5 Å². The quantitative estimate of drug-likeness (QED) is 0.768. The number of nitrogens with one attached hydrogen (secondary N) is 1. The van der Waals surface area contributed by atoms with Crippen LogP contribution in [0, 0.1) is 0 Å². The summed E-state index contributed by atoms with van der Waals surface area (Å²) < 4.78 is 4.97. The van der Waals surface area contributed by atoms with E-state index in [0.29, 0.717) is 0 Å². The van der Waals surface area contributed by atoms with E-state index < -0.39 is 0 Å². The smallest absolute Gasteiger partial charge is 0.0890 e. The summed E-state index contributed by atoms with van der Waals surface area (Å²) in [5.41, 5.74) is 3.08. The minimum Gasteiger partial charge on any atom is -0.383 e. The van der Waals surface area contributed by atoms with Gasteiger partial charge in [0, 0.05) is 32.6 Å². The number of rotatable bonds is 5. The van der Waals surface area contributed by atoms with E-state index in [0.717, 1.165) is 30.7 Å². The maximum Gasteiger partial charge on any atom is 0.0890 e. The van der Waals surface area contributed by atoms with Gasteiger partial charge in [0.1, 0.15) is 0 Å². The number of ether oxygens (including phenoxy) is 1. The third kappa shape index (κ3) is 2.74. The molecule has 0 amide bonds. The summed E-state index contributed by atoms with van der Waals surface area (Å²) >= 11 is 0. The second-order valence-electron chi connectivity index (χ2n) is 3.55. The molecule has 0 radical (unpaired) electrons. The van der Waals surface area contributed by atoms with Crippen LogP contribution in [0.4, 0.5) is 0 Å². The lowest BCUT2D eigenvalue weighted by molar-refractivity contribution is 0.199. The van der Waals surface area contributed by atoms with Gasteiger partial charge in [-0.25, -0.2) is 0 Å². The third-order valence-electron chi connectivity index (χ3n) is 2.35. The van der Waals surface area contributed by atoms with Crippen molar-refractivity contribution in [2.24, 2.45) is 0 Å². The summed E-state index contributed by atoms with van der Waals surface area (Å²) in [5.74, 6) is 0. The molecule has 0 aliphatic rings. The Bertz CT molecular complexity index is 459. The molecule has 16 heavy (non-hydrogen) atoms. The molecule has 2 aromatic rings. The number of aromatic nitrogens is 2. The van der Waals surface area contributed by atoms with E-state index in [1.807, 2.05) is 6.07 Å². The third-order valence-corrected chi connectivity index (χ3v) is 2.35. The van der Waals surface area contributed by atoms with Crippen molar-refractivity contribution in [3.05, 3.63) is 36.2 Å². The molecule has 0 fully saturated rings. The highest BCUT2D eigenvalue weighted by Crippen LogP contribution is 2.10. The summed E-state index contributed by atoms with van der Waals surface area (Å²) in [7, 11) is 1.70.